The minimum Gasteiger partial charge on any atom is -0.464 e. The van der Waals surface area contributed by atoms with Crippen molar-refractivity contribution in [1.82, 2.24) is 4.57 Å². The number of aliphatic hydroxyl groups is 1. The topological polar surface area (TPSA) is 62.5 Å². The average Bonchev–Trinajstić information content (AvgIpc) is 2.78. The van der Waals surface area contributed by atoms with Crippen molar-refractivity contribution in [3.8, 4) is 11.3 Å². The Bertz CT molecular complexity index is 499. The first-order valence-electron chi connectivity index (χ1n) is 4.83. The third kappa shape index (κ3) is 1.83. The highest BCUT2D eigenvalue weighted by Gasteiger charge is 2.08. The maximum atomic E-state index is 10.9. The molecule has 0 spiro atoms. The molecule has 82 valence electrons. The van der Waals surface area contributed by atoms with Gasteiger partial charge in [0.2, 0.25) is 0 Å². The lowest BCUT2D eigenvalue weighted by Crippen LogP contribution is -2.07. The van der Waals surface area contributed by atoms with Crippen molar-refractivity contribution < 1.29 is 15.0 Å². The van der Waals surface area contributed by atoms with Crippen LogP contribution < -0.4 is 0 Å². The molecule has 0 bridgehead atoms. The number of carboxylic acid groups (broad SMARTS) is 1. The van der Waals surface area contributed by atoms with Crippen LogP contribution in [0.15, 0.2) is 42.6 Å². The molecule has 1 heterocycles. The number of rotatable bonds is 2. The molecule has 2 aromatic rings. The van der Waals surface area contributed by atoms with Gasteiger partial charge in [-0.05, 0) is 23.3 Å². The van der Waals surface area contributed by atoms with E-state index in [2.05, 4.69) is 0 Å². The highest BCUT2D eigenvalue weighted by molar-refractivity contribution is 5.76. The van der Waals surface area contributed by atoms with Crippen molar-refractivity contribution in [1.29, 1.82) is 0 Å². The fourth-order valence-corrected chi connectivity index (χ4v) is 1.56. The Morgan fingerprint density at radius 3 is 2.44 bits per heavy atom. The molecule has 0 amide bonds. The first-order valence-corrected chi connectivity index (χ1v) is 4.83. The van der Waals surface area contributed by atoms with Crippen LogP contribution in [0.25, 0.3) is 11.3 Å². The van der Waals surface area contributed by atoms with Gasteiger partial charge < -0.3 is 10.2 Å². The Morgan fingerprint density at radius 1 is 1.19 bits per heavy atom. The third-order valence-electron chi connectivity index (χ3n) is 2.39. The Balaban J connectivity index is 2.42. The molecule has 1 aromatic heterocycles. The van der Waals surface area contributed by atoms with E-state index in [1.165, 1.54) is 6.20 Å². The van der Waals surface area contributed by atoms with Gasteiger partial charge in [-0.3, -0.25) is 4.57 Å². The molecule has 4 nitrogen and oxygen atoms in total. The van der Waals surface area contributed by atoms with Crippen molar-refractivity contribution >= 4 is 6.09 Å². The van der Waals surface area contributed by atoms with Crippen molar-refractivity contribution in [2.45, 2.75) is 6.61 Å². The molecule has 16 heavy (non-hydrogen) atoms. The molecule has 0 fully saturated rings. The SMILES string of the molecule is O=C(O)n1cccc1-c1ccc(CO)cc1. The van der Waals surface area contributed by atoms with Crippen LogP contribution in [0.5, 0.6) is 0 Å². The molecular formula is C12H11NO3. The predicted octanol–water partition coefficient (Wildman–Crippen LogP) is 2.17. The first-order chi connectivity index (χ1) is 7.72. The number of hydrogen-bond donors (Lipinski definition) is 2. The van der Waals surface area contributed by atoms with Crippen LogP contribution in [-0.4, -0.2) is 20.9 Å². The van der Waals surface area contributed by atoms with Crippen molar-refractivity contribution in [3.05, 3.63) is 48.2 Å². The quantitative estimate of drug-likeness (QED) is 0.810. The van der Waals surface area contributed by atoms with Crippen LogP contribution >= 0.6 is 0 Å². The molecule has 0 atom stereocenters. The molecule has 2 rings (SSSR count). The van der Waals surface area contributed by atoms with Gasteiger partial charge in [-0.25, -0.2) is 4.79 Å². The fourth-order valence-electron chi connectivity index (χ4n) is 1.56. The van der Waals surface area contributed by atoms with Crippen LogP contribution in [-0.2, 0) is 6.61 Å². The van der Waals surface area contributed by atoms with Gasteiger partial charge in [0.1, 0.15) is 0 Å². The second kappa shape index (κ2) is 4.20. The first kappa shape index (κ1) is 10.4. The van der Waals surface area contributed by atoms with Crippen LogP contribution in [0.1, 0.15) is 5.56 Å². The van der Waals surface area contributed by atoms with E-state index in [1.54, 1.807) is 36.4 Å². The lowest BCUT2D eigenvalue weighted by molar-refractivity contribution is 0.197. The van der Waals surface area contributed by atoms with Gasteiger partial charge in [-0.15, -0.1) is 0 Å². The average molecular weight is 217 g/mol. The normalized spacial score (nSPS) is 10.3. The minimum absolute atomic E-state index is 0.0137. The van der Waals surface area contributed by atoms with E-state index in [-0.39, 0.29) is 6.61 Å². The molecule has 0 saturated heterocycles. The summed E-state index contributed by atoms with van der Waals surface area (Å²) in [5.74, 6) is 0. The summed E-state index contributed by atoms with van der Waals surface area (Å²) in [6, 6.07) is 10.6. The van der Waals surface area contributed by atoms with E-state index in [0.29, 0.717) is 5.69 Å². The number of nitrogens with zero attached hydrogens (tertiary/aromatic N) is 1. The van der Waals surface area contributed by atoms with Gasteiger partial charge in [0.05, 0.1) is 12.3 Å². The molecule has 1 aromatic carbocycles. The van der Waals surface area contributed by atoms with Gasteiger partial charge >= 0.3 is 6.09 Å². The summed E-state index contributed by atoms with van der Waals surface area (Å²) in [4.78, 5) is 10.9. The Hall–Kier alpha value is -2.07. The van der Waals surface area contributed by atoms with E-state index < -0.39 is 6.09 Å². The highest BCUT2D eigenvalue weighted by atomic mass is 16.4. The summed E-state index contributed by atoms with van der Waals surface area (Å²) in [6.45, 7) is -0.0137. The number of hydrogen-bond acceptors (Lipinski definition) is 2. The number of carbonyl (C=O) groups is 1. The summed E-state index contributed by atoms with van der Waals surface area (Å²) in [5, 5.41) is 17.8. The van der Waals surface area contributed by atoms with Crippen LogP contribution in [0, 0.1) is 0 Å². The van der Waals surface area contributed by atoms with Crippen molar-refractivity contribution in [2.75, 3.05) is 0 Å². The van der Waals surface area contributed by atoms with Crippen molar-refractivity contribution in [2.24, 2.45) is 0 Å². The standard InChI is InChI=1S/C12H11NO3/c14-8-9-3-5-10(6-4-9)11-2-1-7-13(11)12(15)16/h1-7,14H,8H2,(H,15,16). The molecule has 0 aliphatic rings. The summed E-state index contributed by atoms with van der Waals surface area (Å²) in [5.41, 5.74) is 2.23. The monoisotopic (exact) mass is 217 g/mol. The molecule has 0 unspecified atom stereocenters. The molecule has 0 aliphatic carbocycles. The summed E-state index contributed by atoms with van der Waals surface area (Å²) in [7, 11) is 0. The Kier molecular flexibility index (Phi) is 2.74. The zero-order chi connectivity index (χ0) is 11.5. The maximum absolute atomic E-state index is 10.9. The largest absolute Gasteiger partial charge is 0.464 e. The van der Waals surface area contributed by atoms with E-state index in [1.807, 2.05) is 0 Å². The Labute approximate surface area is 92.4 Å². The number of aliphatic hydroxyl groups excluding tert-OH is 1. The minimum atomic E-state index is -1.01. The van der Waals surface area contributed by atoms with Gasteiger partial charge in [-0.1, -0.05) is 24.3 Å². The molecular weight excluding hydrogens is 206 g/mol. The second-order valence-corrected chi connectivity index (χ2v) is 3.40. The Morgan fingerprint density at radius 2 is 1.88 bits per heavy atom. The summed E-state index contributed by atoms with van der Waals surface area (Å²) in [6.07, 6.45) is 0.490. The van der Waals surface area contributed by atoms with Crippen LogP contribution in [0.4, 0.5) is 4.79 Å². The van der Waals surface area contributed by atoms with Gasteiger partial charge in [-0.2, -0.15) is 0 Å². The molecule has 0 radical (unpaired) electrons. The lowest BCUT2D eigenvalue weighted by atomic mass is 10.1. The third-order valence-corrected chi connectivity index (χ3v) is 2.39. The van der Waals surface area contributed by atoms with E-state index in [0.717, 1.165) is 15.7 Å². The van der Waals surface area contributed by atoms with Crippen molar-refractivity contribution in [3.63, 3.8) is 0 Å². The number of aromatic nitrogens is 1. The van der Waals surface area contributed by atoms with Gasteiger partial charge in [0.25, 0.3) is 0 Å². The summed E-state index contributed by atoms with van der Waals surface area (Å²) < 4.78 is 1.16. The van der Waals surface area contributed by atoms with Crippen LogP contribution in [0.3, 0.4) is 0 Å². The molecule has 2 N–H and O–H groups in total. The predicted molar refractivity (Wildman–Crippen MR) is 59.2 cm³/mol. The van der Waals surface area contributed by atoms with E-state index in [4.69, 9.17) is 10.2 Å². The molecule has 0 aliphatic heterocycles. The second-order valence-electron chi connectivity index (χ2n) is 3.40. The zero-order valence-corrected chi connectivity index (χ0v) is 8.50. The van der Waals surface area contributed by atoms with Gasteiger partial charge in [0.15, 0.2) is 0 Å². The zero-order valence-electron chi connectivity index (χ0n) is 8.50. The maximum Gasteiger partial charge on any atom is 0.415 e. The summed E-state index contributed by atoms with van der Waals surface area (Å²) >= 11 is 0. The smallest absolute Gasteiger partial charge is 0.415 e. The van der Waals surface area contributed by atoms with Crippen LogP contribution in [0.2, 0.25) is 0 Å². The van der Waals surface area contributed by atoms with Gasteiger partial charge in [0, 0.05) is 6.20 Å². The number of benzene rings is 1. The van der Waals surface area contributed by atoms with E-state index >= 15 is 0 Å². The fraction of sp³-hybridized carbons (Fsp3) is 0.0833. The lowest BCUT2D eigenvalue weighted by Gasteiger charge is -2.04. The highest BCUT2D eigenvalue weighted by Crippen LogP contribution is 2.20. The van der Waals surface area contributed by atoms with E-state index in [9.17, 15) is 4.79 Å². The molecule has 0 saturated carbocycles. The molecule has 4 heteroatoms.